The zero-order valence-corrected chi connectivity index (χ0v) is 13.7. The van der Waals surface area contributed by atoms with Gasteiger partial charge in [-0.25, -0.2) is 0 Å². The van der Waals surface area contributed by atoms with Crippen molar-refractivity contribution in [2.75, 3.05) is 46.4 Å². The molecule has 2 saturated heterocycles. The van der Waals surface area contributed by atoms with E-state index in [1.807, 2.05) is 6.08 Å². The van der Waals surface area contributed by atoms with Crippen LogP contribution in [-0.2, 0) is 4.74 Å². The molecule has 0 bridgehead atoms. The quantitative estimate of drug-likeness (QED) is 0.757. The van der Waals surface area contributed by atoms with E-state index in [1.54, 1.807) is 7.11 Å². The van der Waals surface area contributed by atoms with E-state index in [9.17, 15) is 0 Å². The van der Waals surface area contributed by atoms with Gasteiger partial charge in [-0.1, -0.05) is 12.2 Å². The fourth-order valence-electron chi connectivity index (χ4n) is 3.32. The van der Waals surface area contributed by atoms with Crippen LogP contribution >= 0.6 is 0 Å². The molecule has 0 aromatic rings. The summed E-state index contributed by atoms with van der Waals surface area (Å²) in [6.45, 7) is 13.1. The highest BCUT2D eigenvalue weighted by molar-refractivity contribution is 5.02. The third-order valence-corrected chi connectivity index (χ3v) is 4.85. The van der Waals surface area contributed by atoms with Gasteiger partial charge in [-0.2, -0.15) is 0 Å². The normalized spacial score (nSPS) is 24.1. The van der Waals surface area contributed by atoms with E-state index in [2.05, 4.69) is 34.7 Å². The minimum absolute atomic E-state index is 0.135. The molecule has 2 aliphatic heterocycles. The van der Waals surface area contributed by atoms with E-state index in [-0.39, 0.29) is 6.10 Å². The van der Waals surface area contributed by atoms with Gasteiger partial charge in [-0.3, -0.25) is 4.90 Å². The summed E-state index contributed by atoms with van der Waals surface area (Å²) < 4.78 is 5.34. The number of nitrogens with one attached hydrogen (secondary N) is 1. The van der Waals surface area contributed by atoms with Crippen LogP contribution in [-0.4, -0.2) is 68.3 Å². The maximum absolute atomic E-state index is 5.34. The van der Waals surface area contributed by atoms with Crippen molar-refractivity contribution in [2.45, 2.75) is 38.3 Å². The third kappa shape index (κ3) is 4.83. The SMILES string of the molecule is C=CC(C/C=C(\C)N1CCN(C2CCNCC2)CC1)OC. The van der Waals surface area contributed by atoms with Gasteiger partial charge in [-0.05, 0) is 39.3 Å². The largest absolute Gasteiger partial charge is 0.377 e. The topological polar surface area (TPSA) is 27.7 Å². The maximum Gasteiger partial charge on any atom is 0.0784 e. The van der Waals surface area contributed by atoms with Crippen LogP contribution in [0.4, 0.5) is 0 Å². The zero-order chi connectivity index (χ0) is 15.1. The molecule has 2 rings (SSSR count). The molecule has 2 heterocycles. The summed E-state index contributed by atoms with van der Waals surface area (Å²) in [6.07, 6.45) is 7.83. The number of piperazine rings is 1. The van der Waals surface area contributed by atoms with E-state index in [0.717, 1.165) is 25.6 Å². The van der Waals surface area contributed by atoms with Crippen molar-refractivity contribution in [1.82, 2.24) is 15.1 Å². The van der Waals surface area contributed by atoms with Gasteiger partial charge in [0.15, 0.2) is 0 Å². The number of hydrogen-bond acceptors (Lipinski definition) is 4. The zero-order valence-electron chi connectivity index (χ0n) is 13.7. The van der Waals surface area contributed by atoms with Crippen molar-refractivity contribution in [1.29, 1.82) is 0 Å². The molecule has 1 atom stereocenters. The molecule has 1 N–H and O–H groups in total. The Hall–Kier alpha value is -0.840. The van der Waals surface area contributed by atoms with Gasteiger partial charge in [0.1, 0.15) is 0 Å². The fraction of sp³-hybridized carbons (Fsp3) is 0.765. The summed E-state index contributed by atoms with van der Waals surface area (Å²) >= 11 is 0. The lowest BCUT2D eigenvalue weighted by Gasteiger charge is -2.42. The average molecular weight is 293 g/mol. The van der Waals surface area contributed by atoms with Crippen LogP contribution < -0.4 is 5.32 Å². The Morgan fingerprint density at radius 3 is 2.52 bits per heavy atom. The molecule has 2 aliphatic rings. The monoisotopic (exact) mass is 293 g/mol. The van der Waals surface area contributed by atoms with Gasteiger partial charge in [0.25, 0.3) is 0 Å². The van der Waals surface area contributed by atoms with Gasteiger partial charge in [0, 0.05) is 45.0 Å². The first kappa shape index (κ1) is 16.5. The summed E-state index contributed by atoms with van der Waals surface area (Å²) in [4.78, 5) is 5.19. The van der Waals surface area contributed by atoms with Crippen LogP contribution in [0.1, 0.15) is 26.2 Å². The van der Waals surface area contributed by atoms with Gasteiger partial charge in [0.2, 0.25) is 0 Å². The van der Waals surface area contributed by atoms with Crippen molar-refractivity contribution >= 4 is 0 Å². The molecule has 21 heavy (non-hydrogen) atoms. The van der Waals surface area contributed by atoms with Gasteiger partial charge < -0.3 is 15.0 Å². The van der Waals surface area contributed by atoms with Gasteiger partial charge in [-0.15, -0.1) is 6.58 Å². The highest BCUT2D eigenvalue weighted by atomic mass is 16.5. The third-order valence-electron chi connectivity index (χ3n) is 4.85. The highest BCUT2D eigenvalue weighted by Crippen LogP contribution is 2.17. The molecule has 4 heteroatoms. The molecule has 0 amide bonds. The minimum Gasteiger partial charge on any atom is -0.377 e. The molecule has 0 aromatic carbocycles. The van der Waals surface area contributed by atoms with Crippen LogP contribution in [0.15, 0.2) is 24.4 Å². The second-order valence-electron chi connectivity index (χ2n) is 6.10. The number of rotatable bonds is 6. The number of hydrogen-bond donors (Lipinski definition) is 1. The standard InChI is InChI=1S/C17H31N3O/c1-4-17(21-3)6-5-15(2)19-11-13-20(14-12-19)16-7-9-18-10-8-16/h4-5,16-18H,1,6-14H2,2-3H3/b15-5+. The van der Waals surface area contributed by atoms with Gasteiger partial charge >= 0.3 is 0 Å². The summed E-state index contributed by atoms with van der Waals surface area (Å²) in [6, 6.07) is 0.802. The van der Waals surface area contributed by atoms with Gasteiger partial charge in [0.05, 0.1) is 6.10 Å². The van der Waals surface area contributed by atoms with Crippen molar-refractivity contribution < 1.29 is 4.74 Å². The number of methoxy groups -OCH3 is 1. The lowest BCUT2D eigenvalue weighted by molar-refractivity contribution is 0.0972. The molecule has 0 radical (unpaired) electrons. The number of ether oxygens (including phenoxy) is 1. The molecule has 0 saturated carbocycles. The Bertz CT molecular complexity index is 342. The number of allylic oxidation sites excluding steroid dienone is 1. The predicted molar refractivity (Wildman–Crippen MR) is 88.4 cm³/mol. The predicted octanol–water partition coefficient (Wildman–Crippen LogP) is 1.85. The molecule has 0 aromatic heterocycles. The Labute approximate surface area is 129 Å². The lowest BCUT2D eigenvalue weighted by atomic mass is 10.0. The maximum atomic E-state index is 5.34. The Kier molecular flexibility index (Phi) is 6.74. The van der Waals surface area contributed by atoms with Crippen molar-refractivity contribution in [3.8, 4) is 0 Å². The second-order valence-corrected chi connectivity index (χ2v) is 6.10. The van der Waals surface area contributed by atoms with E-state index in [4.69, 9.17) is 4.74 Å². The average Bonchev–Trinajstić information content (AvgIpc) is 2.56. The Morgan fingerprint density at radius 2 is 1.95 bits per heavy atom. The summed E-state index contributed by atoms with van der Waals surface area (Å²) in [5.74, 6) is 0. The van der Waals surface area contributed by atoms with E-state index < -0.39 is 0 Å². The summed E-state index contributed by atoms with van der Waals surface area (Å²) in [5.41, 5.74) is 1.38. The number of piperidine rings is 1. The lowest BCUT2D eigenvalue weighted by Crippen LogP contribution is -2.52. The van der Waals surface area contributed by atoms with E-state index in [0.29, 0.717) is 0 Å². The number of nitrogens with zero attached hydrogens (tertiary/aromatic N) is 2. The molecular formula is C17H31N3O. The van der Waals surface area contributed by atoms with Crippen LogP contribution in [0, 0.1) is 0 Å². The molecule has 1 unspecified atom stereocenters. The molecular weight excluding hydrogens is 262 g/mol. The Balaban J connectivity index is 1.77. The first-order chi connectivity index (χ1) is 10.2. The fourth-order valence-corrected chi connectivity index (χ4v) is 3.32. The van der Waals surface area contributed by atoms with E-state index in [1.165, 1.54) is 44.7 Å². The van der Waals surface area contributed by atoms with Crippen LogP contribution in [0.5, 0.6) is 0 Å². The summed E-state index contributed by atoms with van der Waals surface area (Å²) in [5, 5.41) is 3.45. The molecule has 120 valence electrons. The highest BCUT2D eigenvalue weighted by Gasteiger charge is 2.24. The minimum atomic E-state index is 0.135. The molecule has 0 aliphatic carbocycles. The smallest absolute Gasteiger partial charge is 0.0784 e. The molecule has 4 nitrogen and oxygen atoms in total. The first-order valence-corrected chi connectivity index (χ1v) is 8.26. The van der Waals surface area contributed by atoms with Crippen LogP contribution in [0.25, 0.3) is 0 Å². The van der Waals surface area contributed by atoms with Crippen LogP contribution in [0.2, 0.25) is 0 Å². The van der Waals surface area contributed by atoms with E-state index >= 15 is 0 Å². The van der Waals surface area contributed by atoms with Crippen molar-refractivity contribution in [3.63, 3.8) is 0 Å². The first-order valence-electron chi connectivity index (χ1n) is 8.26. The Morgan fingerprint density at radius 1 is 1.29 bits per heavy atom. The summed E-state index contributed by atoms with van der Waals surface area (Å²) in [7, 11) is 1.74. The second kappa shape index (κ2) is 8.57. The van der Waals surface area contributed by atoms with Crippen molar-refractivity contribution in [3.05, 3.63) is 24.4 Å². The van der Waals surface area contributed by atoms with Crippen molar-refractivity contribution in [2.24, 2.45) is 0 Å². The molecule has 2 fully saturated rings. The molecule has 0 spiro atoms. The van der Waals surface area contributed by atoms with Crippen LogP contribution in [0.3, 0.4) is 0 Å².